The summed E-state index contributed by atoms with van der Waals surface area (Å²) < 4.78 is 57.8. The second kappa shape index (κ2) is 22.0. The Morgan fingerprint density at radius 1 is 0.709 bits per heavy atom. The number of hydrogen-bond donors (Lipinski definition) is 7. The number of benzene rings is 1. The van der Waals surface area contributed by atoms with Crippen LogP contribution in [-0.4, -0.2) is 180 Å². The van der Waals surface area contributed by atoms with Crippen molar-refractivity contribution in [2.24, 2.45) is 0 Å². The van der Waals surface area contributed by atoms with Gasteiger partial charge in [-0.05, 0) is 37.5 Å². The molecule has 7 N–H and O–H groups in total. The van der Waals surface area contributed by atoms with Crippen molar-refractivity contribution in [3.63, 3.8) is 0 Å². The molecule has 15 atom stereocenters. The van der Waals surface area contributed by atoms with Crippen molar-refractivity contribution in [3.8, 4) is 5.75 Å². The molecule has 0 aromatic heterocycles. The van der Waals surface area contributed by atoms with Crippen LogP contribution in [0.15, 0.2) is 24.3 Å². The van der Waals surface area contributed by atoms with Gasteiger partial charge in [-0.1, -0.05) is 18.6 Å². The van der Waals surface area contributed by atoms with Crippen molar-refractivity contribution in [2.45, 2.75) is 131 Å². The molecule has 0 bridgehead atoms. The summed E-state index contributed by atoms with van der Waals surface area (Å²) in [6.07, 6.45) is -20.9. The van der Waals surface area contributed by atoms with Gasteiger partial charge in [0.2, 0.25) is 0 Å². The highest BCUT2D eigenvalue weighted by Gasteiger charge is 2.54. The largest absolute Gasteiger partial charge is 0.497 e. The summed E-state index contributed by atoms with van der Waals surface area (Å²) in [4.78, 5) is 24.3. The van der Waals surface area contributed by atoms with Gasteiger partial charge in [0, 0.05) is 13.0 Å². The van der Waals surface area contributed by atoms with Gasteiger partial charge in [-0.2, -0.15) is 0 Å². The Labute approximate surface area is 322 Å². The fraction of sp³-hybridized carbons (Fsp3) is 0.771. The van der Waals surface area contributed by atoms with Crippen LogP contribution >= 0.6 is 11.6 Å². The lowest BCUT2D eigenvalue weighted by Crippen LogP contribution is -2.66. The molecule has 0 radical (unpaired) electrons. The topological polar surface area (TPSA) is 268 Å². The number of halogens is 1. The van der Waals surface area contributed by atoms with Gasteiger partial charge in [0.15, 0.2) is 25.0 Å². The van der Waals surface area contributed by atoms with E-state index in [1.807, 2.05) is 0 Å². The molecular formula is C35H53ClO19. The Kier molecular flexibility index (Phi) is 18.2. The molecule has 0 amide bonds. The first-order valence-electron chi connectivity index (χ1n) is 17.9. The molecule has 55 heavy (non-hydrogen) atoms. The maximum atomic E-state index is 12.8. The minimum Gasteiger partial charge on any atom is -0.497 e. The fourth-order valence-electron chi connectivity index (χ4n) is 6.25. The normalized spacial score (nSPS) is 36.6. The zero-order valence-electron chi connectivity index (χ0n) is 30.7. The van der Waals surface area contributed by atoms with Gasteiger partial charge in [-0.15, -0.1) is 11.6 Å². The van der Waals surface area contributed by atoms with Crippen LogP contribution in [0, 0.1) is 0 Å². The molecule has 0 saturated carbocycles. The summed E-state index contributed by atoms with van der Waals surface area (Å²) in [5, 5.41) is 73.0. The Hall–Kier alpha value is -2.31. The molecule has 314 valence electrons. The lowest BCUT2D eigenvalue weighted by Gasteiger charge is -2.48. The van der Waals surface area contributed by atoms with Crippen LogP contribution in [0.3, 0.4) is 0 Å². The van der Waals surface area contributed by atoms with Crippen molar-refractivity contribution in [3.05, 3.63) is 29.8 Å². The number of carbonyl (C=O) groups excluding carboxylic acids is 2. The Bertz CT molecular complexity index is 1310. The predicted molar refractivity (Wildman–Crippen MR) is 184 cm³/mol. The molecular weight excluding hydrogens is 760 g/mol. The van der Waals surface area contributed by atoms with Gasteiger partial charge in [-0.3, -0.25) is 9.59 Å². The lowest BCUT2D eigenvalue weighted by molar-refractivity contribution is -0.370. The number of aliphatic hydroxyl groups excluding tert-OH is 7. The minimum absolute atomic E-state index is 0.0455. The maximum absolute atomic E-state index is 12.8. The monoisotopic (exact) mass is 812 g/mol. The van der Waals surface area contributed by atoms with Crippen LogP contribution in [0.4, 0.5) is 0 Å². The molecule has 3 saturated heterocycles. The summed E-state index contributed by atoms with van der Waals surface area (Å²) in [6, 6.07) is 6.83. The highest BCUT2D eigenvalue weighted by Crippen LogP contribution is 2.34. The van der Waals surface area contributed by atoms with Crippen molar-refractivity contribution < 1.29 is 92.7 Å². The van der Waals surface area contributed by atoms with Crippen LogP contribution < -0.4 is 4.74 Å². The molecule has 0 spiro atoms. The molecule has 4 rings (SSSR count). The first-order chi connectivity index (χ1) is 26.3. The molecule has 3 aliphatic heterocycles. The van der Waals surface area contributed by atoms with Crippen LogP contribution in [0.2, 0.25) is 0 Å². The van der Waals surface area contributed by atoms with Crippen LogP contribution in [0.1, 0.15) is 38.2 Å². The molecule has 3 fully saturated rings. The predicted octanol–water partition coefficient (Wildman–Crippen LogP) is -1.76. The zero-order chi connectivity index (χ0) is 40.2. The van der Waals surface area contributed by atoms with Crippen LogP contribution in [-0.2, 0) is 58.8 Å². The van der Waals surface area contributed by atoms with Crippen molar-refractivity contribution in [1.29, 1.82) is 0 Å². The van der Waals surface area contributed by atoms with Gasteiger partial charge in [0.25, 0.3) is 0 Å². The highest BCUT2D eigenvalue weighted by molar-refractivity contribution is 6.26. The fourth-order valence-corrected chi connectivity index (χ4v) is 6.31. The molecule has 1 aromatic carbocycles. The van der Waals surface area contributed by atoms with Crippen molar-refractivity contribution in [1.82, 2.24) is 0 Å². The molecule has 20 heteroatoms. The maximum Gasteiger partial charge on any atom is 0.321 e. The minimum atomic E-state index is -1.87. The second-order valence-corrected chi connectivity index (χ2v) is 13.6. The van der Waals surface area contributed by atoms with E-state index in [1.54, 1.807) is 24.3 Å². The van der Waals surface area contributed by atoms with Crippen LogP contribution in [0.5, 0.6) is 5.75 Å². The molecule has 3 aliphatic rings. The Morgan fingerprint density at radius 2 is 1.38 bits per heavy atom. The number of unbranched alkanes of at least 4 members (excludes halogenated alkanes) is 2. The van der Waals surface area contributed by atoms with E-state index in [0.717, 1.165) is 0 Å². The molecule has 1 aromatic rings. The quantitative estimate of drug-likeness (QED) is 0.0463. The molecule has 0 unspecified atom stereocenters. The molecule has 3 heterocycles. The van der Waals surface area contributed by atoms with Gasteiger partial charge in [0.1, 0.15) is 72.7 Å². The third-order valence-corrected chi connectivity index (χ3v) is 9.70. The van der Waals surface area contributed by atoms with E-state index in [4.69, 9.17) is 54.2 Å². The number of methoxy groups -OCH3 is 2. The van der Waals surface area contributed by atoms with E-state index in [0.29, 0.717) is 30.6 Å². The van der Waals surface area contributed by atoms with E-state index in [2.05, 4.69) is 4.74 Å². The number of rotatable bonds is 19. The van der Waals surface area contributed by atoms with Gasteiger partial charge < -0.3 is 83.1 Å². The smallest absolute Gasteiger partial charge is 0.321 e. The number of hydrogen-bond acceptors (Lipinski definition) is 19. The van der Waals surface area contributed by atoms with E-state index < -0.39 is 117 Å². The van der Waals surface area contributed by atoms with Crippen molar-refractivity contribution in [2.75, 3.05) is 39.9 Å². The molecule has 0 aliphatic carbocycles. The van der Waals surface area contributed by atoms with Gasteiger partial charge >= 0.3 is 11.9 Å². The highest BCUT2D eigenvalue weighted by atomic mass is 35.5. The average molecular weight is 813 g/mol. The lowest BCUT2D eigenvalue weighted by atomic mass is 9.96. The molecule has 19 nitrogen and oxygen atoms in total. The Balaban J connectivity index is 1.68. The van der Waals surface area contributed by atoms with E-state index in [-0.39, 0.29) is 25.6 Å². The third kappa shape index (κ3) is 12.1. The summed E-state index contributed by atoms with van der Waals surface area (Å²) in [7, 11) is 2.80. The number of alkyl halides is 1. The summed E-state index contributed by atoms with van der Waals surface area (Å²) in [5.41, 5.74) is 0.637. The van der Waals surface area contributed by atoms with E-state index in [9.17, 15) is 45.3 Å². The third-order valence-electron chi connectivity index (χ3n) is 9.48. The summed E-state index contributed by atoms with van der Waals surface area (Å²) in [6.45, 7) is 0.121. The van der Waals surface area contributed by atoms with Crippen molar-refractivity contribution >= 4 is 23.5 Å². The van der Waals surface area contributed by atoms with Crippen LogP contribution in [0.25, 0.3) is 0 Å². The Morgan fingerprint density at radius 3 is 2.04 bits per heavy atom. The summed E-state index contributed by atoms with van der Waals surface area (Å²) >= 11 is 5.85. The second-order valence-electron chi connectivity index (χ2n) is 13.3. The van der Waals surface area contributed by atoms with E-state index in [1.165, 1.54) is 21.1 Å². The number of esters is 2. The standard InChI is InChI=1S/C35H53ClO19/c1-17-24(40)26(42)28(44)33(51-17)50-16-21-30(55-34-29(45)27(43)25(41)20(14-37)52-34)31(49-15-18-8-10-19(46-2)11-9-18)32(54-23(39)13-36)35(53-21)48-12-6-4-5-7-22(38)47-3/h8-11,17,20-21,24-35,37,40-45H,4-7,12-16H2,1-3H3/t17-,20+,21+,24+,25-,26+,27-,28-,29+,30-,31-,32+,33-,34+,35+/m0/s1. The van der Waals surface area contributed by atoms with E-state index >= 15 is 0 Å². The van der Waals surface area contributed by atoms with Gasteiger partial charge in [0.05, 0.1) is 40.1 Å². The first kappa shape index (κ1) is 45.4. The van der Waals surface area contributed by atoms with Gasteiger partial charge in [-0.25, -0.2) is 0 Å². The first-order valence-corrected chi connectivity index (χ1v) is 18.5. The number of carbonyl (C=O) groups is 2. The number of ether oxygens (including phenoxy) is 10. The average Bonchev–Trinajstić information content (AvgIpc) is 3.19. The zero-order valence-corrected chi connectivity index (χ0v) is 31.5. The number of aliphatic hydroxyl groups is 7. The SMILES string of the molecule is COC(=O)CCCCCO[C@@H]1O[C@H](CO[C@H]2O[C@@H](C)[C@@H](O)[C@@H](O)[C@@H]2O)[C@H](O[C@H]2O[C@H](CO)[C@H](O)[C@H](O)[C@H]2O)[C@H](OCc2ccc(OC)cc2)[C@H]1OC(=O)CCl. The summed E-state index contributed by atoms with van der Waals surface area (Å²) in [5.74, 6) is -1.25.